The lowest BCUT2D eigenvalue weighted by Crippen LogP contribution is -2.12. The molecular formula is C9H15ClN2O2. The average molecular weight is 219 g/mol. The first-order valence-corrected chi connectivity index (χ1v) is 4.10. The predicted octanol–water partition coefficient (Wildman–Crippen LogP) is 1.84. The average Bonchev–Trinajstić information content (AvgIpc) is 2.29. The van der Waals surface area contributed by atoms with E-state index in [-0.39, 0.29) is 23.5 Å². The van der Waals surface area contributed by atoms with E-state index in [1.807, 2.05) is 20.8 Å². The summed E-state index contributed by atoms with van der Waals surface area (Å²) in [6, 6.07) is 1.61. The monoisotopic (exact) mass is 218 g/mol. The third-order valence-electron chi connectivity index (χ3n) is 1.87. The highest BCUT2D eigenvalue weighted by molar-refractivity contribution is 5.86. The van der Waals surface area contributed by atoms with Crippen LogP contribution in [0.15, 0.2) is 6.07 Å². The number of halogens is 1. The van der Waals surface area contributed by atoms with Gasteiger partial charge in [-0.25, -0.2) is 4.79 Å². The van der Waals surface area contributed by atoms with Crippen LogP contribution in [0, 0.1) is 0 Å². The van der Waals surface area contributed by atoms with E-state index in [0.29, 0.717) is 0 Å². The normalized spacial score (nSPS) is 10.9. The topological polar surface area (TPSA) is 55.1 Å². The van der Waals surface area contributed by atoms with Gasteiger partial charge in [-0.15, -0.1) is 12.4 Å². The SMILES string of the molecule is Cl.Cn1nc(C(C)(C)C)cc1C(=O)O. The Morgan fingerprint density at radius 1 is 1.50 bits per heavy atom. The summed E-state index contributed by atoms with van der Waals surface area (Å²) in [6.07, 6.45) is 0. The minimum Gasteiger partial charge on any atom is -0.477 e. The van der Waals surface area contributed by atoms with E-state index in [4.69, 9.17) is 5.11 Å². The summed E-state index contributed by atoms with van der Waals surface area (Å²) in [5.41, 5.74) is 0.920. The molecule has 0 radical (unpaired) electrons. The maximum Gasteiger partial charge on any atom is 0.354 e. The van der Waals surface area contributed by atoms with Crippen LogP contribution in [0.3, 0.4) is 0 Å². The minimum absolute atomic E-state index is 0. The van der Waals surface area contributed by atoms with E-state index in [1.54, 1.807) is 13.1 Å². The Bertz CT molecular complexity index is 339. The first-order chi connectivity index (χ1) is 5.82. The number of rotatable bonds is 1. The van der Waals surface area contributed by atoms with E-state index >= 15 is 0 Å². The Balaban J connectivity index is 0.00000169. The van der Waals surface area contributed by atoms with Gasteiger partial charge in [-0.2, -0.15) is 5.10 Å². The quantitative estimate of drug-likeness (QED) is 0.783. The van der Waals surface area contributed by atoms with Crippen molar-refractivity contribution in [3.8, 4) is 0 Å². The Hall–Kier alpha value is -1.03. The third kappa shape index (κ3) is 2.48. The van der Waals surface area contributed by atoms with Crippen LogP contribution in [-0.4, -0.2) is 20.9 Å². The minimum atomic E-state index is -0.939. The van der Waals surface area contributed by atoms with E-state index in [2.05, 4.69) is 5.10 Å². The van der Waals surface area contributed by atoms with Crippen LogP contribution in [0.5, 0.6) is 0 Å². The smallest absolute Gasteiger partial charge is 0.354 e. The molecule has 0 aliphatic rings. The van der Waals surface area contributed by atoms with Crippen LogP contribution in [0.1, 0.15) is 37.0 Å². The van der Waals surface area contributed by atoms with Gasteiger partial charge in [0.25, 0.3) is 0 Å². The molecule has 80 valence electrons. The molecule has 0 aliphatic heterocycles. The molecule has 0 fully saturated rings. The van der Waals surface area contributed by atoms with E-state index in [0.717, 1.165) is 5.69 Å². The number of hydrogen-bond donors (Lipinski definition) is 1. The van der Waals surface area contributed by atoms with Gasteiger partial charge in [-0.1, -0.05) is 20.8 Å². The zero-order valence-electron chi connectivity index (χ0n) is 8.74. The van der Waals surface area contributed by atoms with E-state index < -0.39 is 5.97 Å². The zero-order chi connectivity index (χ0) is 10.2. The van der Waals surface area contributed by atoms with Gasteiger partial charge in [-0.05, 0) is 6.07 Å². The summed E-state index contributed by atoms with van der Waals surface area (Å²) in [4.78, 5) is 10.7. The maximum absolute atomic E-state index is 10.7. The molecule has 1 aromatic rings. The van der Waals surface area contributed by atoms with Crippen molar-refractivity contribution in [2.45, 2.75) is 26.2 Å². The Labute approximate surface area is 89.3 Å². The van der Waals surface area contributed by atoms with Crippen LogP contribution in [-0.2, 0) is 12.5 Å². The summed E-state index contributed by atoms with van der Waals surface area (Å²) >= 11 is 0. The molecule has 0 saturated heterocycles. The molecule has 0 spiro atoms. The van der Waals surface area contributed by atoms with Crippen molar-refractivity contribution in [1.82, 2.24) is 9.78 Å². The third-order valence-corrected chi connectivity index (χ3v) is 1.87. The van der Waals surface area contributed by atoms with Crippen molar-refractivity contribution < 1.29 is 9.90 Å². The summed E-state index contributed by atoms with van der Waals surface area (Å²) < 4.78 is 1.39. The molecule has 14 heavy (non-hydrogen) atoms. The number of aromatic carboxylic acids is 1. The lowest BCUT2D eigenvalue weighted by Gasteiger charge is -2.13. The molecular weight excluding hydrogens is 204 g/mol. The number of hydrogen-bond acceptors (Lipinski definition) is 2. The molecule has 1 aromatic heterocycles. The summed E-state index contributed by atoms with van der Waals surface area (Å²) in [6.45, 7) is 6.00. The number of carbonyl (C=O) groups is 1. The molecule has 4 nitrogen and oxygen atoms in total. The number of aryl methyl sites for hydroxylation is 1. The van der Waals surface area contributed by atoms with Crippen molar-refractivity contribution in [1.29, 1.82) is 0 Å². The Kier molecular flexibility index (Phi) is 3.71. The number of carboxylic acid groups (broad SMARTS) is 1. The van der Waals surface area contributed by atoms with Crippen LogP contribution in [0.25, 0.3) is 0 Å². The van der Waals surface area contributed by atoms with Crippen molar-refractivity contribution in [2.75, 3.05) is 0 Å². The van der Waals surface area contributed by atoms with Gasteiger partial charge >= 0.3 is 5.97 Å². The van der Waals surface area contributed by atoms with Gasteiger partial charge in [0.15, 0.2) is 0 Å². The second-order valence-corrected chi connectivity index (χ2v) is 4.09. The van der Waals surface area contributed by atoms with Gasteiger partial charge in [0.2, 0.25) is 0 Å². The highest BCUT2D eigenvalue weighted by Gasteiger charge is 2.20. The van der Waals surface area contributed by atoms with Gasteiger partial charge in [0.1, 0.15) is 5.69 Å². The lowest BCUT2D eigenvalue weighted by atomic mass is 9.92. The fourth-order valence-electron chi connectivity index (χ4n) is 1.03. The van der Waals surface area contributed by atoms with Gasteiger partial charge < -0.3 is 5.11 Å². The highest BCUT2D eigenvalue weighted by atomic mass is 35.5. The largest absolute Gasteiger partial charge is 0.477 e. The number of carboxylic acids is 1. The molecule has 1 heterocycles. The molecule has 5 heteroatoms. The van der Waals surface area contributed by atoms with Crippen LogP contribution in [0.2, 0.25) is 0 Å². The van der Waals surface area contributed by atoms with Crippen molar-refractivity contribution in [3.63, 3.8) is 0 Å². The van der Waals surface area contributed by atoms with Crippen molar-refractivity contribution in [2.24, 2.45) is 7.05 Å². The summed E-state index contributed by atoms with van der Waals surface area (Å²) in [7, 11) is 1.64. The van der Waals surface area contributed by atoms with Crippen LogP contribution < -0.4 is 0 Å². The maximum atomic E-state index is 10.7. The van der Waals surface area contributed by atoms with Crippen LogP contribution in [0.4, 0.5) is 0 Å². The standard InChI is InChI=1S/C9H14N2O2.ClH/c1-9(2,3)7-5-6(8(12)13)11(4)10-7;/h5H,1-4H3,(H,12,13);1H. The molecule has 1 rings (SSSR count). The Morgan fingerprint density at radius 3 is 2.21 bits per heavy atom. The van der Waals surface area contributed by atoms with Gasteiger partial charge in [-0.3, -0.25) is 4.68 Å². The molecule has 0 amide bonds. The molecule has 0 atom stereocenters. The fraction of sp³-hybridized carbons (Fsp3) is 0.556. The first kappa shape index (κ1) is 13.0. The lowest BCUT2D eigenvalue weighted by molar-refractivity contribution is 0.0685. The zero-order valence-corrected chi connectivity index (χ0v) is 9.55. The predicted molar refractivity (Wildman–Crippen MR) is 56.1 cm³/mol. The first-order valence-electron chi connectivity index (χ1n) is 4.10. The molecule has 0 bridgehead atoms. The summed E-state index contributed by atoms with van der Waals surface area (Å²) in [5, 5.41) is 12.9. The van der Waals surface area contributed by atoms with Gasteiger partial charge in [0, 0.05) is 12.5 Å². The molecule has 0 aromatic carbocycles. The number of aromatic nitrogens is 2. The highest BCUT2D eigenvalue weighted by Crippen LogP contribution is 2.21. The molecule has 0 saturated carbocycles. The second-order valence-electron chi connectivity index (χ2n) is 4.09. The van der Waals surface area contributed by atoms with Crippen molar-refractivity contribution >= 4 is 18.4 Å². The molecule has 1 N–H and O–H groups in total. The summed E-state index contributed by atoms with van der Waals surface area (Å²) in [5.74, 6) is -0.939. The van der Waals surface area contributed by atoms with E-state index in [9.17, 15) is 4.79 Å². The second kappa shape index (κ2) is 4.00. The van der Waals surface area contributed by atoms with E-state index in [1.165, 1.54) is 4.68 Å². The fourth-order valence-corrected chi connectivity index (χ4v) is 1.03. The van der Waals surface area contributed by atoms with Gasteiger partial charge in [0.05, 0.1) is 5.69 Å². The molecule has 0 unspecified atom stereocenters. The number of nitrogens with zero attached hydrogens (tertiary/aromatic N) is 2. The molecule has 0 aliphatic carbocycles. The van der Waals surface area contributed by atoms with Crippen molar-refractivity contribution in [3.05, 3.63) is 17.5 Å². The van der Waals surface area contributed by atoms with Crippen LogP contribution >= 0.6 is 12.4 Å². The Morgan fingerprint density at radius 2 is 2.00 bits per heavy atom.